The number of hydrogen-bond acceptors (Lipinski definition) is 4. The number of carbonyl (C=O) groups is 1. The van der Waals surface area contributed by atoms with Crippen molar-refractivity contribution in [3.8, 4) is 0 Å². The summed E-state index contributed by atoms with van der Waals surface area (Å²) < 4.78 is 18.9. The minimum atomic E-state index is -0.500. The van der Waals surface area contributed by atoms with Gasteiger partial charge in [0.1, 0.15) is 11.4 Å². The van der Waals surface area contributed by atoms with E-state index in [9.17, 15) is 9.18 Å². The van der Waals surface area contributed by atoms with Crippen molar-refractivity contribution in [1.82, 2.24) is 4.90 Å². The molecule has 5 nitrogen and oxygen atoms in total. The Hall–Kier alpha value is -1.98. The zero-order valence-corrected chi connectivity index (χ0v) is 13.4. The molecule has 122 valence electrons. The van der Waals surface area contributed by atoms with E-state index in [0.29, 0.717) is 25.3 Å². The number of anilines is 2. The third-order valence-corrected chi connectivity index (χ3v) is 3.42. The van der Waals surface area contributed by atoms with Gasteiger partial charge in [-0.2, -0.15) is 0 Å². The Morgan fingerprint density at radius 1 is 1.18 bits per heavy atom. The Morgan fingerprint density at radius 3 is 2.55 bits per heavy atom. The van der Waals surface area contributed by atoms with Crippen LogP contribution in [-0.4, -0.2) is 42.8 Å². The first kappa shape index (κ1) is 16.4. The SMILES string of the molecule is CC(C)(C)OC(=O)N1CCCN(c2cc(N)cc(F)c2)CC1. The summed E-state index contributed by atoms with van der Waals surface area (Å²) in [6.45, 7) is 8.12. The second-order valence-corrected chi connectivity index (χ2v) is 6.55. The Morgan fingerprint density at radius 2 is 1.91 bits per heavy atom. The van der Waals surface area contributed by atoms with E-state index in [2.05, 4.69) is 0 Å². The van der Waals surface area contributed by atoms with Gasteiger partial charge in [-0.3, -0.25) is 0 Å². The third kappa shape index (κ3) is 4.51. The Labute approximate surface area is 130 Å². The van der Waals surface area contributed by atoms with Gasteiger partial charge < -0.3 is 20.3 Å². The number of ether oxygens (including phenoxy) is 1. The van der Waals surface area contributed by atoms with Gasteiger partial charge in [0.2, 0.25) is 0 Å². The van der Waals surface area contributed by atoms with Gasteiger partial charge in [-0.1, -0.05) is 0 Å². The van der Waals surface area contributed by atoms with Crippen LogP contribution in [0.25, 0.3) is 0 Å². The van der Waals surface area contributed by atoms with Crippen LogP contribution in [0.1, 0.15) is 27.2 Å². The molecule has 1 aromatic carbocycles. The second kappa shape index (κ2) is 6.42. The van der Waals surface area contributed by atoms with Crippen LogP contribution < -0.4 is 10.6 Å². The summed E-state index contributed by atoms with van der Waals surface area (Å²) in [5, 5.41) is 0. The smallest absolute Gasteiger partial charge is 0.410 e. The van der Waals surface area contributed by atoms with Crippen molar-refractivity contribution < 1.29 is 13.9 Å². The fourth-order valence-corrected chi connectivity index (χ4v) is 2.46. The molecule has 0 saturated carbocycles. The molecular weight excluding hydrogens is 285 g/mol. The Bertz CT molecular complexity index is 522. The van der Waals surface area contributed by atoms with E-state index in [1.807, 2.05) is 25.7 Å². The summed E-state index contributed by atoms with van der Waals surface area (Å²) in [6, 6.07) is 4.53. The van der Waals surface area contributed by atoms with Gasteiger partial charge in [0.05, 0.1) is 0 Å². The molecule has 0 radical (unpaired) electrons. The van der Waals surface area contributed by atoms with Crippen LogP contribution in [0.15, 0.2) is 18.2 Å². The van der Waals surface area contributed by atoms with E-state index in [1.165, 1.54) is 12.1 Å². The molecule has 1 aromatic rings. The first-order valence-corrected chi connectivity index (χ1v) is 7.53. The van der Waals surface area contributed by atoms with Gasteiger partial charge in [-0.05, 0) is 45.4 Å². The first-order chi connectivity index (χ1) is 10.2. The van der Waals surface area contributed by atoms with Gasteiger partial charge >= 0.3 is 6.09 Å². The molecule has 2 N–H and O–H groups in total. The number of amides is 1. The molecule has 1 heterocycles. The number of nitrogen functional groups attached to an aromatic ring is 1. The van der Waals surface area contributed by atoms with Crippen molar-refractivity contribution in [3.05, 3.63) is 24.0 Å². The van der Waals surface area contributed by atoms with Crippen LogP contribution in [0.5, 0.6) is 0 Å². The maximum Gasteiger partial charge on any atom is 0.410 e. The molecule has 0 aromatic heterocycles. The topological polar surface area (TPSA) is 58.8 Å². The molecule has 1 amide bonds. The van der Waals surface area contributed by atoms with Crippen LogP contribution in [0.2, 0.25) is 0 Å². The van der Waals surface area contributed by atoms with Crippen LogP contribution in [0.3, 0.4) is 0 Å². The number of nitrogens with zero attached hydrogens (tertiary/aromatic N) is 2. The average molecular weight is 309 g/mol. The van der Waals surface area contributed by atoms with Gasteiger partial charge in [-0.25, -0.2) is 9.18 Å². The van der Waals surface area contributed by atoms with E-state index >= 15 is 0 Å². The van der Waals surface area contributed by atoms with Crippen LogP contribution in [0, 0.1) is 5.82 Å². The molecule has 0 aliphatic carbocycles. The van der Waals surface area contributed by atoms with Crippen LogP contribution in [0.4, 0.5) is 20.6 Å². The maximum atomic E-state index is 13.5. The van der Waals surface area contributed by atoms with Crippen molar-refractivity contribution in [1.29, 1.82) is 0 Å². The predicted molar refractivity (Wildman–Crippen MR) is 85.4 cm³/mol. The molecule has 2 rings (SSSR count). The van der Waals surface area contributed by atoms with Gasteiger partial charge in [0.25, 0.3) is 0 Å². The van der Waals surface area contributed by atoms with Gasteiger partial charge in [0.15, 0.2) is 0 Å². The number of halogens is 1. The monoisotopic (exact) mass is 309 g/mol. The van der Waals surface area contributed by atoms with E-state index in [4.69, 9.17) is 10.5 Å². The summed E-state index contributed by atoms with van der Waals surface area (Å²) in [5.41, 5.74) is 6.36. The van der Waals surface area contributed by atoms with E-state index in [-0.39, 0.29) is 11.9 Å². The van der Waals surface area contributed by atoms with E-state index in [0.717, 1.165) is 18.7 Å². The second-order valence-electron chi connectivity index (χ2n) is 6.55. The molecule has 1 aliphatic rings. The highest BCUT2D eigenvalue weighted by molar-refractivity contribution is 5.68. The quantitative estimate of drug-likeness (QED) is 0.810. The number of carbonyl (C=O) groups excluding carboxylic acids is 1. The van der Waals surface area contributed by atoms with Crippen molar-refractivity contribution >= 4 is 17.5 Å². The maximum absolute atomic E-state index is 13.5. The highest BCUT2D eigenvalue weighted by Crippen LogP contribution is 2.22. The zero-order chi connectivity index (χ0) is 16.3. The number of rotatable bonds is 1. The molecular formula is C16H24FN3O2. The zero-order valence-electron chi connectivity index (χ0n) is 13.4. The minimum Gasteiger partial charge on any atom is -0.444 e. The molecule has 1 aliphatic heterocycles. The standard InChI is InChI=1S/C16H24FN3O2/c1-16(2,3)22-15(21)20-6-4-5-19(7-8-20)14-10-12(17)9-13(18)11-14/h9-11H,4-8,18H2,1-3H3. The third-order valence-electron chi connectivity index (χ3n) is 3.42. The summed E-state index contributed by atoms with van der Waals surface area (Å²) in [5.74, 6) is -0.344. The molecule has 1 fully saturated rings. The van der Waals surface area contributed by atoms with Crippen molar-refractivity contribution in [2.24, 2.45) is 0 Å². The van der Waals surface area contributed by atoms with E-state index in [1.54, 1.807) is 11.0 Å². The lowest BCUT2D eigenvalue weighted by molar-refractivity contribution is 0.0263. The summed E-state index contributed by atoms with van der Waals surface area (Å²) >= 11 is 0. The number of nitrogens with two attached hydrogens (primary N) is 1. The Balaban J connectivity index is 2.02. The molecule has 1 saturated heterocycles. The Kier molecular flexibility index (Phi) is 4.78. The molecule has 22 heavy (non-hydrogen) atoms. The van der Waals surface area contributed by atoms with Crippen molar-refractivity contribution in [2.75, 3.05) is 36.8 Å². The predicted octanol–water partition coefficient (Wildman–Crippen LogP) is 2.86. The lowest BCUT2D eigenvalue weighted by Gasteiger charge is -2.27. The van der Waals surface area contributed by atoms with Crippen LogP contribution >= 0.6 is 0 Å². The minimum absolute atomic E-state index is 0.298. The van der Waals surface area contributed by atoms with Gasteiger partial charge in [-0.15, -0.1) is 0 Å². The number of benzene rings is 1. The fourth-order valence-electron chi connectivity index (χ4n) is 2.46. The summed E-state index contributed by atoms with van der Waals surface area (Å²) in [6.07, 6.45) is 0.503. The van der Waals surface area contributed by atoms with Crippen molar-refractivity contribution in [2.45, 2.75) is 32.8 Å². The summed E-state index contributed by atoms with van der Waals surface area (Å²) in [4.78, 5) is 15.9. The number of hydrogen-bond donors (Lipinski definition) is 1. The molecule has 0 spiro atoms. The van der Waals surface area contributed by atoms with Gasteiger partial charge in [0, 0.05) is 37.6 Å². The molecule has 0 atom stereocenters. The molecule has 6 heteroatoms. The average Bonchev–Trinajstić information content (AvgIpc) is 2.61. The normalized spacial score (nSPS) is 16.4. The first-order valence-electron chi connectivity index (χ1n) is 7.53. The van der Waals surface area contributed by atoms with E-state index < -0.39 is 5.60 Å². The highest BCUT2D eigenvalue weighted by Gasteiger charge is 2.24. The molecule has 0 bridgehead atoms. The largest absolute Gasteiger partial charge is 0.444 e. The lowest BCUT2D eigenvalue weighted by Crippen LogP contribution is -2.39. The van der Waals surface area contributed by atoms with Crippen LogP contribution in [-0.2, 0) is 4.74 Å². The lowest BCUT2D eigenvalue weighted by atomic mass is 10.2. The highest BCUT2D eigenvalue weighted by atomic mass is 19.1. The molecule has 0 unspecified atom stereocenters. The fraction of sp³-hybridized carbons (Fsp3) is 0.562. The summed E-state index contributed by atoms with van der Waals surface area (Å²) in [7, 11) is 0. The van der Waals surface area contributed by atoms with Crippen molar-refractivity contribution in [3.63, 3.8) is 0 Å².